The normalized spacial score (nSPS) is 16.2. The predicted molar refractivity (Wildman–Crippen MR) is 83.7 cm³/mol. The van der Waals surface area contributed by atoms with E-state index in [1.165, 1.54) is 4.90 Å². The average Bonchev–Trinajstić information content (AvgIpc) is 2.85. The highest BCUT2D eigenvalue weighted by molar-refractivity contribution is 7.83. The molecule has 2 amide bonds. The number of amides is 2. The molecule has 1 aliphatic heterocycles. The van der Waals surface area contributed by atoms with Crippen molar-refractivity contribution in [3.05, 3.63) is 35.4 Å². The van der Waals surface area contributed by atoms with Crippen LogP contribution >= 0.6 is 0 Å². The molecular formula is C15H20N2O4S. The molecule has 1 aliphatic rings. The number of carbonyl (C=O) groups excluding carboxylic acids is 2. The third-order valence-electron chi connectivity index (χ3n) is 3.42. The minimum absolute atomic E-state index is 0.0729. The van der Waals surface area contributed by atoms with Crippen LogP contribution in [0.3, 0.4) is 0 Å². The van der Waals surface area contributed by atoms with Gasteiger partial charge in [-0.15, -0.1) is 0 Å². The molecule has 0 saturated carbocycles. The molecule has 0 radical (unpaired) electrons. The Morgan fingerprint density at radius 1 is 1.41 bits per heavy atom. The maximum atomic E-state index is 12.5. The second kappa shape index (κ2) is 7.51. The molecule has 1 fully saturated rings. The van der Waals surface area contributed by atoms with Crippen molar-refractivity contribution in [2.75, 3.05) is 39.7 Å². The summed E-state index contributed by atoms with van der Waals surface area (Å²) in [5.41, 5.74) is 1.37. The van der Waals surface area contributed by atoms with Crippen molar-refractivity contribution in [3.63, 3.8) is 0 Å². The Hall–Kier alpha value is -1.73. The van der Waals surface area contributed by atoms with Crippen LogP contribution in [0.2, 0.25) is 0 Å². The zero-order chi connectivity index (χ0) is 16.1. The molecule has 0 aromatic heterocycles. The first-order chi connectivity index (χ1) is 10.5. The van der Waals surface area contributed by atoms with Crippen molar-refractivity contribution >= 4 is 22.6 Å². The van der Waals surface area contributed by atoms with Crippen molar-refractivity contribution in [2.24, 2.45) is 0 Å². The highest BCUT2D eigenvalue weighted by atomic mass is 32.2. The van der Waals surface area contributed by atoms with Crippen molar-refractivity contribution in [2.45, 2.75) is 5.75 Å². The smallest absolute Gasteiger partial charge is 0.255 e. The van der Waals surface area contributed by atoms with Gasteiger partial charge in [-0.05, 0) is 17.7 Å². The molecule has 1 saturated heterocycles. The third kappa shape index (κ3) is 4.14. The summed E-state index contributed by atoms with van der Waals surface area (Å²) in [6.45, 7) is 1.30. The molecule has 1 atom stereocenters. The number of benzene rings is 1. The van der Waals surface area contributed by atoms with Gasteiger partial charge in [0.05, 0.1) is 13.3 Å². The maximum Gasteiger partial charge on any atom is 0.255 e. The van der Waals surface area contributed by atoms with E-state index in [1.807, 2.05) is 6.07 Å². The predicted octanol–water partition coefficient (Wildman–Crippen LogP) is 0.453. The van der Waals surface area contributed by atoms with Gasteiger partial charge in [-0.2, -0.15) is 0 Å². The minimum Gasteiger partial charge on any atom is -0.383 e. The Balaban J connectivity index is 2.06. The molecule has 0 aliphatic carbocycles. The summed E-state index contributed by atoms with van der Waals surface area (Å²) < 4.78 is 16.2. The molecule has 120 valence electrons. The lowest BCUT2D eigenvalue weighted by atomic mass is 10.1. The first-order valence-corrected chi connectivity index (χ1v) is 8.69. The molecule has 1 heterocycles. The SMILES string of the molecule is COCCN1CN(C(=O)c2cccc(CS(C)=O)c2)CC1=O. The highest BCUT2D eigenvalue weighted by Crippen LogP contribution is 2.14. The molecule has 1 unspecified atom stereocenters. The lowest BCUT2D eigenvalue weighted by Gasteiger charge is -2.18. The molecular weight excluding hydrogens is 304 g/mol. The van der Waals surface area contributed by atoms with Gasteiger partial charge in [0.2, 0.25) is 5.91 Å². The van der Waals surface area contributed by atoms with Gasteiger partial charge in [-0.3, -0.25) is 13.8 Å². The van der Waals surface area contributed by atoms with Crippen molar-refractivity contribution in [1.29, 1.82) is 0 Å². The van der Waals surface area contributed by atoms with Crippen LogP contribution in [0.1, 0.15) is 15.9 Å². The second-order valence-electron chi connectivity index (χ2n) is 5.21. The number of methoxy groups -OCH3 is 1. The molecule has 22 heavy (non-hydrogen) atoms. The summed E-state index contributed by atoms with van der Waals surface area (Å²) >= 11 is 0. The molecule has 7 heteroatoms. The Morgan fingerprint density at radius 3 is 2.86 bits per heavy atom. The molecule has 6 nitrogen and oxygen atoms in total. The maximum absolute atomic E-state index is 12.5. The summed E-state index contributed by atoms with van der Waals surface area (Å²) in [4.78, 5) is 27.5. The number of hydrogen-bond donors (Lipinski definition) is 0. The molecule has 0 bridgehead atoms. The highest BCUT2D eigenvalue weighted by Gasteiger charge is 2.30. The van der Waals surface area contributed by atoms with E-state index in [-0.39, 0.29) is 25.0 Å². The lowest BCUT2D eigenvalue weighted by Crippen LogP contribution is -2.32. The van der Waals surface area contributed by atoms with Gasteiger partial charge in [0.25, 0.3) is 5.91 Å². The van der Waals surface area contributed by atoms with Crippen LogP contribution in [-0.2, 0) is 26.1 Å². The fraction of sp³-hybridized carbons (Fsp3) is 0.467. The van der Waals surface area contributed by atoms with Crippen molar-refractivity contribution in [3.8, 4) is 0 Å². The first-order valence-electron chi connectivity index (χ1n) is 6.96. The quantitative estimate of drug-likeness (QED) is 0.762. The van der Waals surface area contributed by atoms with Crippen molar-refractivity contribution < 1.29 is 18.5 Å². The van der Waals surface area contributed by atoms with E-state index in [1.54, 1.807) is 36.5 Å². The van der Waals surface area contributed by atoms with Crippen LogP contribution in [-0.4, -0.2) is 65.6 Å². The summed E-state index contributed by atoms with van der Waals surface area (Å²) in [5, 5.41) is 0. The number of rotatable bonds is 6. The van der Waals surface area contributed by atoms with Crippen LogP contribution in [0.15, 0.2) is 24.3 Å². The van der Waals surface area contributed by atoms with Gasteiger partial charge in [0, 0.05) is 42.0 Å². The standard InChI is InChI=1S/C15H20N2O4S/c1-21-7-6-16-11-17(9-14(16)18)15(19)13-5-3-4-12(8-13)10-22(2)20/h3-5,8H,6-7,9-11H2,1-2H3. The molecule has 0 spiro atoms. The second-order valence-corrected chi connectivity index (χ2v) is 6.65. The Kier molecular flexibility index (Phi) is 5.68. The van der Waals surface area contributed by atoms with Crippen molar-refractivity contribution in [1.82, 2.24) is 9.80 Å². The van der Waals surface area contributed by atoms with Crippen LogP contribution in [0.25, 0.3) is 0 Å². The third-order valence-corrected chi connectivity index (χ3v) is 4.16. The zero-order valence-electron chi connectivity index (χ0n) is 12.8. The topological polar surface area (TPSA) is 66.9 Å². The van der Waals surface area contributed by atoms with E-state index in [0.29, 0.717) is 24.5 Å². The van der Waals surface area contributed by atoms with E-state index >= 15 is 0 Å². The van der Waals surface area contributed by atoms with Gasteiger partial charge in [0.15, 0.2) is 0 Å². The Labute approximate surface area is 132 Å². The van der Waals surface area contributed by atoms with Gasteiger partial charge in [-0.25, -0.2) is 0 Å². The molecule has 2 rings (SSSR count). The number of ether oxygens (including phenoxy) is 1. The number of nitrogens with zero attached hydrogens (tertiary/aromatic N) is 2. The van der Waals surface area contributed by atoms with Crippen LogP contribution in [0.5, 0.6) is 0 Å². The van der Waals surface area contributed by atoms with E-state index in [4.69, 9.17) is 4.74 Å². The molecule has 1 aromatic rings. The van der Waals surface area contributed by atoms with E-state index in [9.17, 15) is 13.8 Å². The Morgan fingerprint density at radius 2 is 2.18 bits per heavy atom. The summed E-state index contributed by atoms with van der Waals surface area (Å²) in [7, 11) is 0.620. The van der Waals surface area contributed by atoms with Gasteiger partial charge < -0.3 is 14.5 Å². The first kappa shape index (κ1) is 16.6. The largest absolute Gasteiger partial charge is 0.383 e. The zero-order valence-corrected chi connectivity index (χ0v) is 13.6. The number of carbonyl (C=O) groups is 2. The molecule has 1 aromatic carbocycles. The summed E-state index contributed by atoms with van der Waals surface area (Å²) in [6.07, 6.45) is 1.63. The van der Waals surface area contributed by atoms with Gasteiger partial charge >= 0.3 is 0 Å². The van der Waals surface area contributed by atoms with Gasteiger partial charge in [-0.1, -0.05) is 12.1 Å². The van der Waals surface area contributed by atoms with E-state index in [0.717, 1.165) is 5.56 Å². The lowest BCUT2D eigenvalue weighted by molar-refractivity contribution is -0.127. The summed E-state index contributed by atoms with van der Waals surface area (Å²) in [6, 6.07) is 7.08. The average molecular weight is 324 g/mol. The summed E-state index contributed by atoms with van der Waals surface area (Å²) in [5.74, 6) is 0.160. The van der Waals surface area contributed by atoms with Crippen LogP contribution < -0.4 is 0 Å². The Bertz CT molecular complexity index is 591. The fourth-order valence-electron chi connectivity index (χ4n) is 2.34. The van der Waals surface area contributed by atoms with Gasteiger partial charge in [0.1, 0.15) is 6.54 Å². The monoisotopic (exact) mass is 324 g/mol. The van der Waals surface area contributed by atoms with Crippen LogP contribution in [0.4, 0.5) is 0 Å². The fourth-order valence-corrected chi connectivity index (χ4v) is 2.99. The molecule has 0 N–H and O–H groups in total. The van der Waals surface area contributed by atoms with E-state index < -0.39 is 10.8 Å². The minimum atomic E-state index is -0.956. The van der Waals surface area contributed by atoms with Crippen LogP contribution in [0, 0.1) is 0 Å². The van der Waals surface area contributed by atoms with E-state index in [2.05, 4.69) is 0 Å². The number of hydrogen-bond acceptors (Lipinski definition) is 4.